The molecule has 4 rings (SSSR count). The zero-order valence-corrected chi connectivity index (χ0v) is 17.4. The van der Waals surface area contributed by atoms with Gasteiger partial charge in [-0.15, -0.1) is 16.4 Å². The van der Waals surface area contributed by atoms with Crippen LogP contribution in [0.5, 0.6) is 0 Å². The first-order chi connectivity index (χ1) is 14.8. The highest BCUT2D eigenvalue weighted by Crippen LogP contribution is 2.35. The lowest BCUT2D eigenvalue weighted by molar-refractivity contribution is -0.389. The number of piperidine rings is 1. The van der Waals surface area contributed by atoms with Gasteiger partial charge in [-0.1, -0.05) is 22.8 Å². The molecule has 0 aliphatic carbocycles. The van der Waals surface area contributed by atoms with Crippen LogP contribution in [0, 0.1) is 20.2 Å². The summed E-state index contributed by atoms with van der Waals surface area (Å²) in [6.45, 7) is 0.955. The van der Waals surface area contributed by atoms with Crippen molar-refractivity contribution < 1.29 is 14.6 Å². The van der Waals surface area contributed by atoms with Crippen molar-refractivity contribution in [1.82, 2.24) is 20.1 Å². The molecular formula is C18H15ClN6O5S. The number of carbonyl (C=O) groups excluding carboxylic acids is 1. The minimum Gasteiger partial charge on any atom is -0.358 e. The molecule has 1 saturated heterocycles. The van der Waals surface area contributed by atoms with Crippen LogP contribution in [0.2, 0.25) is 5.02 Å². The third kappa shape index (κ3) is 4.25. The summed E-state index contributed by atoms with van der Waals surface area (Å²) in [5.41, 5.74) is 1.11. The Hall–Kier alpha value is -3.38. The Morgan fingerprint density at radius 2 is 1.94 bits per heavy atom. The number of aromatic amines is 1. The minimum atomic E-state index is -0.634. The number of likely N-dealkylation sites (tertiary alicyclic amines) is 1. The average molecular weight is 463 g/mol. The first-order valence-electron chi connectivity index (χ1n) is 9.22. The number of carbonyl (C=O) groups is 1. The van der Waals surface area contributed by atoms with Crippen molar-refractivity contribution in [1.29, 1.82) is 0 Å². The summed E-state index contributed by atoms with van der Waals surface area (Å²) < 4.78 is 0. The van der Waals surface area contributed by atoms with Gasteiger partial charge < -0.3 is 15.0 Å². The fourth-order valence-electron chi connectivity index (χ4n) is 3.43. The molecule has 11 nitrogen and oxygen atoms in total. The van der Waals surface area contributed by atoms with Crippen LogP contribution in [0.3, 0.4) is 0 Å². The van der Waals surface area contributed by atoms with Crippen molar-refractivity contribution in [3.63, 3.8) is 0 Å². The lowest BCUT2D eigenvalue weighted by Crippen LogP contribution is -2.38. The standard InChI is InChI=1S/C18H15ClN6O5S/c19-12-2-1-11(7-15(12)24(27)28)14-9-31-17(20-14)10-3-5-23(6-4-10)18(26)13-8-16(22-21-13)25(29)30/h1-2,7-10H,3-6H2,(H,21,22). The third-order valence-corrected chi connectivity index (χ3v) is 6.40. The van der Waals surface area contributed by atoms with E-state index in [-0.39, 0.29) is 34.0 Å². The number of amides is 1. The fourth-order valence-corrected chi connectivity index (χ4v) is 4.61. The molecule has 3 aromatic rings. The molecule has 2 aromatic heterocycles. The van der Waals surface area contributed by atoms with E-state index in [9.17, 15) is 25.0 Å². The molecule has 3 heterocycles. The Bertz CT molecular complexity index is 1170. The molecular weight excluding hydrogens is 448 g/mol. The van der Waals surface area contributed by atoms with Gasteiger partial charge in [-0.3, -0.25) is 14.9 Å². The van der Waals surface area contributed by atoms with Crippen LogP contribution in [0.1, 0.15) is 34.3 Å². The average Bonchev–Trinajstić information content (AvgIpc) is 3.44. The van der Waals surface area contributed by atoms with E-state index in [1.807, 2.05) is 5.38 Å². The van der Waals surface area contributed by atoms with Crippen molar-refractivity contribution in [2.75, 3.05) is 13.1 Å². The molecule has 1 aromatic carbocycles. The molecule has 0 atom stereocenters. The summed E-state index contributed by atoms with van der Waals surface area (Å²) in [6, 6.07) is 5.72. The van der Waals surface area contributed by atoms with Crippen molar-refractivity contribution in [2.45, 2.75) is 18.8 Å². The van der Waals surface area contributed by atoms with Crippen LogP contribution >= 0.6 is 22.9 Å². The third-order valence-electron chi connectivity index (χ3n) is 5.07. The summed E-state index contributed by atoms with van der Waals surface area (Å²) in [6.07, 6.45) is 1.37. The molecule has 0 radical (unpaired) electrons. The maximum atomic E-state index is 12.5. The topological polar surface area (TPSA) is 148 Å². The fraction of sp³-hybridized carbons (Fsp3) is 0.278. The zero-order chi connectivity index (χ0) is 22.1. The molecule has 0 bridgehead atoms. The molecule has 160 valence electrons. The molecule has 1 aliphatic heterocycles. The van der Waals surface area contributed by atoms with E-state index >= 15 is 0 Å². The highest BCUT2D eigenvalue weighted by molar-refractivity contribution is 7.10. The summed E-state index contributed by atoms with van der Waals surface area (Å²) in [5, 5.41) is 30.6. The van der Waals surface area contributed by atoms with Gasteiger partial charge in [0.05, 0.1) is 21.7 Å². The van der Waals surface area contributed by atoms with E-state index in [2.05, 4.69) is 15.2 Å². The molecule has 1 amide bonds. The number of rotatable bonds is 5. The van der Waals surface area contributed by atoms with Crippen molar-refractivity contribution in [2.24, 2.45) is 0 Å². The SMILES string of the molecule is O=C(c1cc([N+](=O)[O-])[nH]n1)N1CCC(c2nc(-c3ccc(Cl)c([N+](=O)[O-])c3)cs2)CC1. The lowest BCUT2D eigenvalue weighted by Gasteiger charge is -2.30. The predicted octanol–water partition coefficient (Wildman–Crippen LogP) is 4.02. The monoisotopic (exact) mass is 462 g/mol. The van der Waals surface area contributed by atoms with Crippen LogP contribution in [0.15, 0.2) is 29.6 Å². The van der Waals surface area contributed by atoms with Crippen LogP contribution in [-0.4, -0.2) is 48.9 Å². The van der Waals surface area contributed by atoms with E-state index in [1.54, 1.807) is 11.0 Å². The molecule has 0 unspecified atom stereocenters. The Balaban J connectivity index is 1.42. The largest absolute Gasteiger partial charge is 0.358 e. The smallest absolute Gasteiger partial charge is 0.343 e. The summed E-state index contributed by atoms with van der Waals surface area (Å²) in [5.74, 6) is -0.523. The van der Waals surface area contributed by atoms with Gasteiger partial charge in [0.2, 0.25) is 0 Å². The van der Waals surface area contributed by atoms with E-state index in [0.29, 0.717) is 37.2 Å². The molecule has 13 heteroatoms. The van der Waals surface area contributed by atoms with E-state index in [4.69, 9.17) is 11.6 Å². The Kier molecular flexibility index (Phi) is 5.65. The van der Waals surface area contributed by atoms with Crippen LogP contribution in [0.4, 0.5) is 11.5 Å². The number of halogens is 1. The van der Waals surface area contributed by atoms with Gasteiger partial charge in [-0.25, -0.2) is 4.98 Å². The maximum absolute atomic E-state index is 12.5. The number of hydrogen-bond donors (Lipinski definition) is 1. The number of hydrogen-bond acceptors (Lipinski definition) is 8. The summed E-state index contributed by atoms with van der Waals surface area (Å²) in [4.78, 5) is 39.5. The maximum Gasteiger partial charge on any atom is 0.343 e. The number of H-pyrrole nitrogens is 1. The van der Waals surface area contributed by atoms with E-state index < -0.39 is 9.85 Å². The predicted molar refractivity (Wildman–Crippen MR) is 112 cm³/mol. The van der Waals surface area contributed by atoms with E-state index in [0.717, 1.165) is 11.1 Å². The van der Waals surface area contributed by atoms with Crippen LogP contribution in [0.25, 0.3) is 11.3 Å². The van der Waals surface area contributed by atoms with Gasteiger partial charge in [-0.2, -0.15) is 0 Å². The first kappa shape index (κ1) is 20.9. The normalized spacial score (nSPS) is 14.5. The first-order valence-corrected chi connectivity index (χ1v) is 10.5. The number of benzene rings is 1. The second kappa shape index (κ2) is 8.40. The second-order valence-electron chi connectivity index (χ2n) is 6.96. The zero-order valence-electron chi connectivity index (χ0n) is 15.9. The summed E-state index contributed by atoms with van der Waals surface area (Å²) >= 11 is 7.35. The van der Waals surface area contributed by atoms with Crippen molar-refractivity contribution >= 4 is 40.4 Å². The number of nitro benzene ring substituents is 1. The Labute approximate surface area is 184 Å². The highest BCUT2D eigenvalue weighted by Gasteiger charge is 2.29. The van der Waals surface area contributed by atoms with Crippen molar-refractivity contribution in [3.8, 4) is 11.3 Å². The van der Waals surface area contributed by atoms with E-state index in [1.165, 1.54) is 23.5 Å². The quantitative estimate of drug-likeness (QED) is 0.444. The molecule has 1 N–H and O–H groups in total. The second-order valence-corrected chi connectivity index (χ2v) is 8.25. The minimum absolute atomic E-state index is 0.0195. The van der Waals surface area contributed by atoms with Gasteiger partial charge >= 0.3 is 5.82 Å². The van der Waals surface area contributed by atoms with Gasteiger partial charge in [0, 0.05) is 36.0 Å². The van der Waals surface area contributed by atoms with Gasteiger partial charge in [0.15, 0.2) is 5.69 Å². The van der Waals surface area contributed by atoms with Crippen LogP contribution in [-0.2, 0) is 0 Å². The molecule has 0 saturated carbocycles. The highest BCUT2D eigenvalue weighted by atomic mass is 35.5. The van der Waals surface area contributed by atoms with Gasteiger partial charge in [0.1, 0.15) is 5.02 Å². The molecule has 0 spiro atoms. The molecule has 31 heavy (non-hydrogen) atoms. The lowest BCUT2D eigenvalue weighted by atomic mass is 9.97. The Morgan fingerprint density at radius 3 is 2.58 bits per heavy atom. The van der Waals surface area contributed by atoms with Gasteiger partial charge in [0.25, 0.3) is 11.6 Å². The van der Waals surface area contributed by atoms with Crippen LogP contribution < -0.4 is 0 Å². The van der Waals surface area contributed by atoms with Crippen molar-refractivity contribution in [3.05, 3.63) is 65.6 Å². The number of nitrogens with one attached hydrogen (secondary N) is 1. The number of aromatic nitrogens is 3. The summed E-state index contributed by atoms with van der Waals surface area (Å²) in [7, 11) is 0. The van der Waals surface area contributed by atoms with Gasteiger partial charge in [-0.05, 0) is 23.8 Å². The Morgan fingerprint density at radius 1 is 1.19 bits per heavy atom. The number of nitro groups is 2. The number of nitrogens with zero attached hydrogens (tertiary/aromatic N) is 5. The molecule has 1 fully saturated rings. The number of thiazole rings is 1. The molecule has 1 aliphatic rings.